The minimum absolute atomic E-state index is 0.342. The number of hydrogen-bond donors (Lipinski definition) is 2. The predicted octanol–water partition coefficient (Wildman–Crippen LogP) is 2.31. The SMILES string of the molecule is CCOc1cc(Cl)c(CNC(C)C(=O)O)cc1OC. The van der Waals surface area contributed by atoms with Crippen LogP contribution in [-0.4, -0.2) is 30.8 Å². The molecule has 0 aliphatic carbocycles. The number of carboxylic acids is 1. The van der Waals surface area contributed by atoms with Crippen LogP contribution in [0.1, 0.15) is 19.4 Å². The van der Waals surface area contributed by atoms with E-state index < -0.39 is 12.0 Å². The van der Waals surface area contributed by atoms with Crippen LogP contribution in [0, 0.1) is 0 Å². The smallest absolute Gasteiger partial charge is 0.320 e. The second kappa shape index (κ2) is 7.21. The van der Waals surface area contributed by atoms with Gasteiger partial charge in [-0.1, -0.05) is 11.6 Å². The molecule has 0 spiro atoms. The van der Waals surface area contributed by atoms with Crippen molar-refractivity contribution in [3.05, 3.63) is 22.7 Å². The Kier molecular flexibility index (Phi) is 5.92. The molecule has 0 saturated heterocycles. The fraction of sp³-hybridized carbons (Fsp3) is 0.462. The first-order valence-electron chi connectivity index (χ1n) is 5.95. The molecule has 0 aromatic heterocycles. The molecule has 1 rings (SSSR count). The summed E-state index contributed by atoms with van der Waals surface area (Å²) in [5, 5.41) is 12.2. The fourth-order valence-electron chi connectivity index (χ4n) is 1.49. The Bertz CT molecular complexity index is 451. The van der Waals surface area contributed by atoms with Crippen molar-refractivity contribution in [1.82, 2.24) is 5.32 Å². The summed E-state index contributed by atoms with van der Waals surface area (Å²) in [6, 6.07) is 2.77. The van der Waals surface area contributed by atoms with E-state index in [0.717, 1.165) is 5.56 Å². The zero-order valence-corrected chi connectivity index (χ0v) is 12.0. The number of benzene rings is 1. The Labute approximate surface area is 117 Å². The molecule has 0 fully saturated rings. The standard InChI is InChI=1S/C13H18ClNO4/c1-4-19-12-6-10(14)9(5-11(12)18-3)7-15-8(2)13(16)17/h5-6,8,15H,4,7H2,1-3H3,(H,16,17). The molecule has 1 aromatic carbocycles. The summed E-state index contributed by atoms with van der Waals surface area (Å²) in [6.07, 6.45) is 0. The first-order valence-corrected chi connectivity index (χ1v) is 6.32. The van der Waals surface area contributed by atoms with E-state index in [1.54, 1.807) is 26.2 Å². The van der Waals surface area contributed by atoms with E-state index in [1.165, 1.54) is 0 Å². The van der Waals surface area contributed by atoms with Gasteiger partial charge in [-0.2, -0.15) is 0 Å². The minimum atomic E-state index is -0.908. The molecule has 0 amide bonds. The summed E-state index contributed by atoms with van der Waals surface area (Å²) >= 11 is 6.13. The molecule has 19 heavy (non-hydrogen) atoms. The Hall–Kier alpha value is -1.46. The van der Waals surface area contributed by atoms with Gasteiger partial charge in [0, 0.05) is 17.6 Å². The highest BCUT2D eigenvalue weighted by molar-refractivity contribution is 6.31. The van der Waals surface area contributed by atoms with Gasteiger partial charge in [0.25, 0.3) is 0 Å². The first-order chi connectivity index (χ1) is 8.99. The normalized spacial score (nSPS) is 12.0. The third-order valence-corrected chi connectivity index (χ3v) is 2.95. The maximum absolute atomic E-state index is 10.7. The van der Waals surface area contributed by atoms with E-state index >= 15 is 0 Å². The summed E-state index contributed by atoms with van der Waals surface area (Å²) in [4.78, 5) is 10.7. The lowest BCUT2D eigenvalue weighted by molar-refractivity contribution is -0.139. The van der Waals surface area contributed by atoms with Gasteiger partial charge in [0.15, 0.2) is 11.5 Å². The molecule has 2 N–H and O–H groups in total. The topological polar surface area (TPSA) is 67.8 Å². The quantitative estimate of drug-likeness (QED) is 0.805. The summed E-state index contributed by atoms with van der Waals surface area (Å²) in [5.74, 6) is 0.241. The van der Waals surface area contributed by atoms with Crippen LogP contribution in [0.3, 0.4) is 0 Å². The lowest BCUT2D eigenvalue weighted by Gasteiger charge is -2.14. The molecule has 0 bridgehead atoms. The number of hydrogen-bond acceptors (Lipinski definition) is 4. The predicted molar refractivity (Wildman–Crippen MR) is 73.1 cm³/mol. The van der Waals surface area contributed by atoms with Crippen LogP contribution in [0.4, 0.5) is 0 Å². The number of halogens is 1. The minimum Gasteiger partial charge on any atom is -0.493 e. The van der Waals surface area contributed by atoms with Gasteiger partial charge in [0.2, 0.25) is 0 Å². The van der Waals surface area contributed by atoms with E-state index in [2.05, 4.69) is 5.32 Å². The van der Waals surface area contributed by atoms with Crippen LogP contribution in [0.2, 0.25) is 5.02 Å². The first kappa shape index (κ1) is 15.6. The van der Waals surface area contributed by atoms with Gasteiger partial charge in [-0.25, -0.2) is 0 Å². The van der Waals surface area contributed by atoms with Crippen molar-refractivity contribution in [3.8, 4) is 11.5 Å². The van der Waals surface area contributed by atoms with Crippen LogP contribution < -0.4 is 14.8 Å². The second-order valence-electron chi connectivity index (χ2n) is 3.97. The largest absolute Gasteiger partial charge is 0.493 e. The van der Waals surface area contributed by atoms with Gasteiger partial charge >= 0.3 is 5.97 Å². The van der Waals surface area contributed by atoms with Gasteiger partial charge in [-0.15, -0.1) is 0 Å². The lowest BCUT2D eigenvalue weighted by Crippen LogP contribution is -2.33. The number of ether oxygens (including phenoxy) is 2. The van der Waals surface area contributed by atoms with Crippen LogP contribution in [-0.2, 0) is 11.3 Å². The number of rotatable bonds is 7. The third-order valence-electron chi connectivity index (χ3n) is 2.60. The average Bonchev–Trinajstić information content (AvgIpc) is 2.37. The Balaban J connectivity index is 2.87. The van der Waals surface area contributed by atoms with Crippen molar-refractivity contribution in [1.29, 1.82) is 0 Å². The van der Waals surface area contributed by atoms with Crippen LogP contribution in [0.25, 0.3) is 0 Å². The Morgan fingerprint density at radius 2 is 2.16 bits per heavy atom. The third kappa shape index (κ3) is 4.29. The number of nitrogens with one attached hydrogen (secondary N) is 1. The maximum Gasteiger partial charge on any atom is 0.320 e. The molecule has 0 heterocycles. The highest BCUT2D eigenvalue weighted by Crippen LogP contribution is 2.33. The van der Waals surface area contributed by atoms with Crippen LogP contribution in [0.15, 0.2) is 12.1 Å². The molecule has 5 nitrogen and oxygen atoms in total. The highest BCUT2D eigenvalue weighted by atomic mass is 35.5. The average molecular weight is 288 g/mol. The van der Waals surface area contributed by atoms with E-state index in [-0.39, 0.29) is 0 Å². The van der Waals surface area contributed by atoms with E-state index in [4.69, 9.17) is 26.2 Å². The molecule has 0 aliphatic heterocycles. The molecular weight excluding hydrogens is 270 g/mol. The van der Waals surface area contributed by atoms with Gasteiger partial charge in [-0.05, 0) is 25.5 Å². The molecule has 1 atom stereocenters. The summed E-state index contributed by atoms with van der Waals surface area (Å²) in [7, 11) is 1.54. The Morgan fingerprint density at radius 3 is 2.68 bits per heavy atom. The van der Waals surface area contributed by atoms with E-state index in [1.807, 2.05) is 6.92 Å². The van der Waals surface area contributed by atoms with Crippen molar-refractivity contribution in [2.75, 3.05) is 13.7 Å². The van der Waals surface area contributed by atoms with Crippen LogP contribution in [0.5, 0.6) is 11.5 Å². The zero-order chi connectivity index (χ0) is 14.4. The molecule has 0 saturated carbocycles. The van der Waals surface area contributed by atoms with Gasteiger partial charge in [0.1, 0.15) is 6.04 Å². The zero-order valence-electron chi connectivity index (χ0n) is 11.2. The van der Waals surface area contributed by atoms with Gasteiger partial charge < -0.3 is 19.9 Å². The van der Waals surface area contributed by atoms with Crippen molar-refractivity contribution < 1.29 is 19.4 Å². The van der Waals surface area contributed by atoms with Gasteiger partial charge in [0.05, 0.1) is 13.7 Å². The number of methoxy groups -OCH3 is 1. The number of carboxylic acid groups (broad SMARTS) is 1. The molecule has 1 unspecified atom stereocenters. The van der Waals surface area contributed by atoms with Gasteiger partial charge in [-0.3, -0.25) is 4.79 Å². The Morgan fingerprint density at radius 1 is 1.47 bits per heavy atom. The monoisotopic (exact) mass is 287 g/mol. The molecule has 1 aromatic rings. The van der Waals surface area contributed by atoms with Crippen molar-refractivity contribution in [2.45, 2.75) is 26.4 Å². The van der Waals surface area contributed by atoms with Crippen LogP contribution >= 0.6 is 11.6 Å². The molecule has 0 aliphatic rings. The number of carbonyl (C=O) groups is 1. The van der Waals surface area contributed by atoms with Crippen molar-refractivity contribution in [3.63, 3.8) is 0 Å². The maximum atomic E-state index is 10.7. The molecule has 6 heteroatoms. The van der Waals surface area contributed by atoms with E-state index in [9.17, 15) is 4.79 Å². The summed E-state index contributed by atoms with van der Waals surface area (Å²) in [5.41, 5.74) is 0.759. The number of aliphatic carboxylic acids is 1. The van der Waals surface area contributed by atoms with Crippen molar-refractivity contribution >= 4 is 17.6 Å². The summed E-state index contributed by atoms with van der Waals surface area (Å²) in [6.45, 7) is 4.30. The fourth-order valence-corrected chi connectivity index (χ4v) is 1.71. The lowest BCUT2D eigenvalue weighted by atomic mass is 10.2. The molecular formula is C13H18ClNO4. The van der Waals surface area contributed by atoms with E-state index in [0.29, 0.717) is 29.7 Å². The second-order valence-corrected chi connectivity index (χ2v) is 4.38. The summed E-state index contributed by atoms with van der Waals surface area (Å²) < 4.78 is 10.6. The molecule has 106 valence electrons. The van der Waals surface area contributed by atoms with Crippen molar-refractivity contribution in [2.24, 2.45) is 0 Å². The highest BCUT2D eigenvalue weighted by Gasteiger charge is 2.13. The molecule has 0 radical (unpaired) electrons.